The Kier molecular flexibility index (Phi) is 3.08. The maximum absolute atomic E-state index is 12.6. The van der Waals surface area contributed by atoms with Gasteiger partial charge in [-0.25, -0.2) is 0 Å². The van der Waals surface area contributed by atoms with Gasteiger partial charge in [0.05, 0.1) is 17.0 Å². The zero-order chi connectivity index (χ0) is 15.3. The molecule has 3 rings (SSSR count). The third-order valence-corrected chi connectivity index (χ3v) is 4.61. The van der Waals surface area contributed by atoms with Gasteiger partial charge in [-0.3, -0.25) is 19.3 Å². The summed E-state index contributed by atoms with van der Waals surface area (Å²) >= 11 is 0. The molecule has 1 aliphatic carbocycles. The molecule has 5 heteroatoms. The lowest BCUT2D eigenvalue weighted by atomic mass is 9.99. The van der Waals surface area contributed by atoms with Crippen LogP contribution in [0.3, 0.4) is 0 Å². The second kappa shape index (κ2) is 4.69. The highest BCUT2D eigenvalue weighted by Gasteiger charge is 2.45. The summed E-state index contributed by atoms with van der Waals surface area (Å²) in [6.45, 7) is 3.64. The molecule has 2 amide bonds. The first kappa shape index (κ1) is 13.8. The van der Waals surface area contributed by atoms with Gasteiger partial charge in [0, 0.05) is 6.04 Å². The summed E-state index contributed by atoms with van der Waals surface area (Å²) < 4.78 is 0. The van der Waals surface area contributed by atoms with Gasteiger partial charge < -0.3 is 5.11 Å². The first-order chi connectivity index (χ1) is 9.91. The monoisotopic (exact) mass is 287 g/mol. The standard InChI is InChI=1S/C16H17NO4/c1-8-3-4-9(2)13-12(8)14(18)17(15(13)19)11-6-5-10(7-11)16(20)21/h3-4,10-11H,5-7H2,1-2H3,(H,20,21)/t10-,11+/m1/s1. The molecule has 5 nitrogen and oxygen atoms in total. The molecule has 1 aromatic rings. The summed E-state index contributed by atoms with van der Waals surface area (Å²) in [5.41, 5.74) is 2.56. The number of carbonyl (C=O) groups excluding carboxylic acids is 2. The van der Waals surface area contributed by atoms with Crippen LogP contribution in [0.2, 0.25) is 0 Å². The summed E-state index contributed by atoms with van der Waals surface area (Å²) in [7, 11) is 0. The van der Waals surface area contributed by atoms with E-state index in [1.54, 1.807) is 0 Å². The molecule has 1 saturated carbocycles. The van der Waals surface area contributed by atoms with E-state index in [1.165, 1.54) is 4.90 Å². The van der Waals surface area contributed by atoms with E-state index in [2.05, 4.69) is 0 Å². The van der Waals surface area contributed by atoms with Gasteiger partial charge >= 0.3 is 5.97 Å². The summed E-state index contributed by atoms with van der Waals surface area (Å²) in [5.74, 6) is -1.84. The second-order valence-electron chi connectivity index (χ2n) is 5.93. The van der Waals surface area contributed by atoms with Crippen molar-refractivity contribution in [2.75, 3.05) is 0 Å². The average Bonchev–Trinajstić information content (AvgIpc) is 2.98. The average molecular weight is 287 g/mol. The minimum atomic E-state index is -0.846. The molecule has 2 aliphatic rings. The summed E-state index contributed by atoms with van der Waals surface area (Å²) in [4.78, 5) is 37.6. The van der Waals surface area contributed by atoms with Crippen LogP contribution >= 0.6 is 0 Å². The van der Waals surface area contributed by atoms with Gasteiger partial charge in [-0.15, -0.1) is 0 Å². The zero-order valence-corrected chi connectivity index (χ0v) is 12.0. The molecule has 0 radical (unpaired) electrons. The first-order valence-corrected chi connectivity index (χ1v) is 7.12. The van der Waals surface area contributed by atoms with Crippen molar-refractivity contribution in [1.29, 1.82) is 0 Å². The number of fused-ring (bicyclic) bond motifs is 1. The third kappa shape index (κ3) is 1.95. The van der Waals surface area contributed by atoms with Crippen molar-refractivity contribution in [2.24, 2.45) is 5.92 Å². The van der Waals surface area contributed by atoms with Gasteiger partial charge in [-0.2, -0.15) is 0 Å². The molecular formula is C16H17NO4. The van der Waals surface area contributed by atoms with Gasteiger partial charge in [0.15, 0.2) is 0 Å². The highest BCUT2D eigenvalue weighted by molar-refractivity contribution is 6.22. The fourth-order valence-electron chi connectivity index (χ4n) is 3.44. The predicted octanol–water partition coefficient (Wildman–Crippen LogP) is 2.15. The number of carboxylic acids is 1. The van der Waals surface area contributed by atoms with Gasteiger partial charge in [0.25, 0.3) is 11.8 Å². The molecular weight excluding hydrogens is 270 g/mol. The van der Waals surface area contributed by atoms with Crippen LogP contribution in [-0.2, 0) is 4.79 Å². The van der Waals surface area contributed by atoms with Crippen molar-refractivity contribution in [1.82, 2.24) is 4.90 Å². The van der Waals surface area contributed by atoms with E-state index < -0.39 is 11.9 Å². The van der Waals surface area contributed by atoms with E-state index in [0.717, 1.165) is 11.1 Å². The van der Waals surface area contributed by atoms with E-state index in [9.17, 15) is 14.4 Å². The molecule has 0 saturated heterocycles. The second-order valence-corrected chi connectivity index (χ2v) is 5.93. The number of rotatable bonds is 2. The summed E-state index contributed by atoms with van der Waals surface area (Å²) in [5, 5.41) is 9.08. The predicted molar refractivity (Wildman–Crippen MR) is 75.2 cm³/mol. The van der Waals surface area contributed by atoms with Crippen molar-refractivity contribution in [3.8, 4) is 0 Å². The Balaban J connectivity index is 1.96. The number of carbonyl (C=O) groups is 3. The molecule has 1 fully saturated rings. The lowest BCUT2D eigenvalue weighted by Gasteiger charge is -2.21. The van der Waals surface area contributed by atoms with Crippen LogP contribution in [0.5, 0.6) is 0 Å². The Labute approximate surface area is 122 Å². The van der Waals surface area contributed by atoms with Crippen molar-refractivity contribution in [3.63, 3.8) is 0 Å². The maximum atomic E-state index is 12.6. The molecule has 1 aliphatic heterocycles. The summed E-state index contributed by atoms with van der Waals surface area (Å²) in [6.07, 6.45) is 1.45. The molecule has 1 aromatic carbocycles. The van der Waals surface area contributed by atoms with E-state index in [-0.39, 0.29) is 17.9 Å². The number of imide groups is 1. The third-order valence-electron chi connectivity index (χ3n) is 4.61. The van der Waals surface area contributed by atoms with Crippen molar-refractivity contribution in [3.05, 3.63) is 34.4 Å². The van der Waals surface area contributed by atoms with Crippen molar-refractivity contribution >= 4 is 17.8 Å². The van der Waals surface area contributed by atoms with E-state index in [1.807, 2.05) is 26.0 Å². The lowest BCUT2D eigenvalue weighted by molar-refractivity contribution is -0.141. The van der Waals surface area contributed by atoms with Gasteiger partial charge in [-0.1, -0.05) is 12.1 Å². The minimum absolute atomic E-state index is 0.271. The van der Waals surface area contributed by atoms with Gasteiger partial charge in [0.1, 0.15) is 0 Å². The van der Waals surface area contributed by atoms with Crippen LogP contribution in [0, 0.1) is 19.8 Å². The van der Waals surface area contributed by atoms with Crippen molar-refractivity contribution < 1.29 is 19.5 Å². The maximum Gasteiger partial charge on any atom is 0.306 e. The van der Waals surface area contributed by atoms with Crippen molar-refractivity contribution in [2.45, 2.75) is 39.2 Å². The SMILES string of the molecule is Cc1ccc(C)c2c1C(=O)N([C@H]1CC[C@@H](C(=O)O)C1)C2=O. The fraction of sp³-hybridized carbons (Fsp3) is 0.438. The zero-order valence-electron chi connectivity index (χ0n) is 12.0. The topological polar surface area (TPSA) is 74.7 Å². The number of amides is 2. The number of hydrogen-bond donors (Lipinski definition) is 1. The number of hydrogen-bond acceptors (Lipinski definition) is 3. The molecule has 110 valence electrons. The van der Waals surface area contributed by atoms with Gasteiger partial charge in [-0.05, 0) is 44.2 Å². The molecule has 0 aromatic heterocycles. The smallest absolute Gasteiger partial charge is 0.306 e. The van der Waals surface area contributed by atoms with Gasteiger partial charge in [0.2, 0.25) is 0 Å². The fourth-order valence-corrected chi connectivity index (χ4v) is 3.44. The Morgan fingerprint density at radius 3 is 2.05 bits per heavy atom. The highest BCUT2D eigenvalue weighted by Crippen LogP contribution is 2.36. The van der Waals surface area contributed by atoms with E-state index >= 15 is 0 Å². The van der Waals surface area contributed by atoms with Crippen LogP contribution < -0.4 is 0 Å². The molecule has 0 bridgehead atoms. The molecule has 21 heavy (non-hydrogen) atoms. The Morgan fingerprint density at radius 1 is 1.10 bits per heavy atom. The lowest BCUT2D eigenvalue weighted by Crippen LogP contribution is -2.38. The molecule has 2 atom stereocenters. The number of carboxylic acid groups (broad SMARTS) is 1. The van der Waals surface area contributed by atoms with Crippen LogP contribution in [0.25, 0.3) is 0 Å². The summed E-state index contributed by atoms with van der Waals surface area (Å²) in [6, 6.07) is 3.40. The quantitative estimate of drug-likeness (QED) is 0.846. The number of aliphatic carboxylic acids is 1. The first-order valence-electron chi connectivity index (χ1n) is 7.12. The van der Waals surface area contributed by atoms with Crippen LogP contribution in [0.4, 0.5) is 0 Å². The van der Waals surface area contributed by atoms with E-state index in [0.29, 0.717) is 30.4 Å². The molecule has 0 unspecified atom stereocenters. The van der Waals surface area contributed by atoms with Crippen LogP contribution in [-0.4, -0.2) is 33.8 Å². The number of benzene rings is 1. The normalized spacial score (nSPS) is 24.6. The Bertz CT molecular complexity index is 623. The number of nitrogens with zero attached hydrogens (tertiary/aromatic N) is 1. The van der Waals surface area contributed by atoms with Crippen LogP contribution in [0.15, 0.2) is 12.1 Å². The molecule has 0 spiro atoms. The van der Waals surface area contributed by atoms with E-state index in [4.69, 9.17) is 5.11 Å². The Morgan fingerprint density at radius 2 is 1.62 bits per heavy atom. The Hall–Kier alpha value is -2.17. The molecule has 1 N–H and O–H groups in total. The van der Waals surface area contributed by atoms with Crippen LogP contribution in [0.1, 0.15) is 51.1 Å². The largest absolute Gasteiger partial charge is 0.481 e. The molecule has 1 heterocycles. The minimum Gasteiger partial charge on any atom is -0.481 e. The highest BCUT2D eigenvalue weighted by atomic mass is 16.4. The number of aryl methyl sites for hydroxylation is 2.